The Hall–Kier alpha value is -3.28. The second kappa shape index (κ2) is 10.8. The number of hydrogen-bond acceptors (Lipinski definition) is 7. The summed E-state index contributed by atoms with van der Waals surface area (Å²) >= 11 is 6.46. The van der Waals surface area contributed by atoms with Crippen LogP contribution in [0.25, 0.3) is 16.9 Å². The van der Waals surface area contributed by atoms with Gasteiger partial charge in [0.1, 0.15) is 30.1 Å². The van der Waals surface area contributed by atoms with Gasteiger partial charge in [0.25, 0.3) is 0 Å². The van der Waals surface area contributed by atoms with E-state index in [1.165, 1.54) is 24.6 Å². The predicted molar refractivity (Wildman–Crippen MR) is 151 cm³/mol. The smallest absolute Gasteiger partial charge is 0.246 e. The van der Waals surface area contributed by atoms with Gasteiger partial charge >= 0.3 is 0 Å². The van der Waals surface area contributed by atoms with Crippen molar-refractivity contribution in [2.75, 3.05) is 39.2 Å². The SMILES string of the molecule is Bc1cnn2c(NCC3CCCN(S(=O)(=O)c4cc(OC)ccc4OC)C3)cc(-c3ccccc3Cl)nc12. The number of nitrogens with zero attached hydrogens (tertiary/aromatic N) is 4. The van der Waals surface area contributed by atoms with Crippen molar-refractivity contribution in [2.45, 2.75) is 17.7 Å². The molecule has 0 spiro atoms. The van der Waals surface area contributed by atoms with Crippen LogP contribution in [0.2, 0.25) is 5.02 Å². The van der Waals surface area contributed by atoms with Gasteiger partial charge in [-0.15, -0.1) is 0 Å². The molecule has 1 unspecified atom stereocenters. The Morgan fingerprint density at radius 2 is 1.97 bits per heavy atom. The van der Waals surface area contributed by atoms with Crippen molar-refractivity contribution in [2.24, 2.45) is 5.92 Å². The van der Waals surface area contributed by atoms with E-state index in [0.29, 0.717) is 36.2 Å². The van der Waals surface area contributed by atoms with E-state index < -0.39 is 10.0 Å². The second-order valence-corrected chi connectivity index (χ2v) is 11.7. The lowest BCUT2D eigenvalue weighted by Gasteiger charge is -2.32. The normalized spacial score (nSPS) is 16.4. The Balaban J connectivity index is 1.38. The topological polar surface area (TPSA) is 98.1 Å². The van der Waals surface area contributed by atoms with Crippen molar-refractivity contribution in [1.29, 1.82) is 0 Å². The number of aromatic nitrogens is 3. The van der Waals surface area contributed by atoms with Gasteiger partial charge in [-0.25, -0.2) is 13.4 Å². The van der Waals surface area contributed by atoms with E-state index in [0.717, 1.165) is 41.0 Å². The molecule has 1 fully saturated rings. The molecule has 0 amide bonds. The molecule has 12 heteroatoms. The number of ether oxygens (including phenoxy) is 2. The summed E-state index contributed by atoms with van der Waals surface area (Å²) in [6.07, 6.45) is 3.44. The molecular weight excluding hydrogens is 525 g/mol. The fraction of sp³-hybridized carbons (Fsp3) is 0.308. The average molecular weight is 554 g/mol. The summed E-state index contributed by atoms with van der Waals surface area (Å²) in [5.74, 6) is 1.63. The summed E-state index contributed by atoms with van der Waals surface area (Å²) < 4.78 is 41.1. The van der Waals surface area contributed by atoms with Crippen LogP contribution in [0.3, 0.4) is 0 Å². The third kappa shape index (κ3) is 5.05. The maximum absolute atomic E-state index is 13.6. The summed E-state index contributed by atoms with van der Waals surface area (Å²) in [6, 6.07) is 14.3. The van der Waals surface area contributed by atoms with Gasteiger partial charge < -0.3 is 14.8 Å². The summed E-state index contributed by atoms with van der Waals surface area (Å²) in [6.45, 7) is 1.41. The largest absolute Gasteiger partial charge is 0.497 e. The molecule has 0 saturated carbocycles. The molecule has 1 saturated heterocycles. The maximum atomic E-state index is 13.6. The second-order valence-electron chi connectivity index (χ2n) is 9.34. The van der Waals surface area contributed by atoms with Gasteiger partial charge in [-0.05, 0) is 42.4 Å². The number of fused-ring (bicyclic) bond motifs is 1. The van der Waals surface area contributed by atoms with Crippen molar-refractivity contribution >= 4 is 46.4 Å². The van der Waals surface area contributed by atoms with E-state index in [2.05, 4.69) is 10.4 Å². The third-order valence-corrected chi connectivity index (χ3v) is 9.06. The first kappa shape index (κ1) is 26.3. The van der Waals surface area contributed by atoms with Gasteiger partial charge in [0, 0.05) is 48.5 Å². The zero-order valence-electron chi connectivity index (χ0n) is 21.5. The Bertz CT molecular complexity index is 1580. The number of sulfonamides is 1. The Labute approximate surface area is 228 Å². The van der Waals surface area contributed by atoms with Crippen LogP contribution in [0, 0.1) is 5.92 Å². The fourth-order valence-corrected chi connectivity index (χ4v) is 6.75. The first-order chi connectivity index (χ1) is 18.3. The minimum absolute atomic E-state index is 0.0961. The number of rotatable bonds is 8. The molecule has 0 bridgehead atoms. The van der Waals surface area contributed by atoms with E-state index >= 15 is 0 Å². The van der Waals surface area contributed by atoms with Crippen LogP contribution >= 0.6 is 11.6 Å². The van der Waals surface area contributed by atoms with Crippen molar-refractivity contribution in [1.82, 2.24) is 18.9 Å². The van der Waals surface area contributed by atoms with E-state index in [4.69, 9.17) is 26.1 Å². The zero-order valence-corrected chi connectivity index (χ0v) is 23.1. The van der Waals surface area contributed by atoms with Gasteiger partial charge in [0.05, 0.1) is 19.9 Å². The molecule has 9 nitrogen and oxygen atoms in total. The molecule has 3 heterocycles. The molecule has 0 radical (unpaired) electrons. The van der Waals surface area contributed by atoms with Gasteiger partial charge in [0.2, 0.25) is 10.0 Å². The van der Waals surface area contributed by atoms with Crippen molar-refractivity contribution in [3.63, 3.8) is 0 Å². The Morgan fingerprint density at radius 3 is 2.74 bits per heavy atom. The number of piperidine rings is 1. The predicted octanol–water partition coefficient (Wildman–Crippen LogP) is 2.84. The van der Waals surface area contributed by atoms with Crippen LogP contribution in [0.5, 0.6) is 11.5 Å². The lowest BCUT2D eigenvalue weighted by Crippen LogP contribution is -2.42. The highest BCUT2D eigenvalue weighted by molar-refractivity contribution is 7.89. The average Bonchev–Trinajstić information content (AvgIpc) is 3.32. The summed E-state index contributed by atoms with van der Waals surface area (Å²) in [5, 5.41) is 8.62. The molecule has 0 aliphatic carbocycles. The van der Waals surface area contributed by atoms with Gasteiger partial charge in [-0.1, -0.05) is 29.8 Å². The number of benzene rings is 2. The minimum Gasteiger partial charge on any atom is -0.497 e. The van der Waals surface area contributed by atoms with Crippen LogP contribution in [-0.2, 0) is 10.0 Å². The number of halogens is 1. The maximum Gasteiger partial charge on any atom is 0.246 e. The van der Waals surface area contributed by atoms with Crippen molar-refractivity contribution in [3.05, 3.63) is 59.8 Å². The van der Waals surface area contributed by atoms with Crippen LogP contribution in [0.4, 0.5) is 5.82 Å². The fourth-order valence-electron chi connectivity index (χ4n) is 4.79. The third-order valence-electron chi connectivity index (χ3n) is 6.84. The highest BCUT2D eigenvalue weighted by Gasteiger charge is 2.32. The van der Waals surface area contributed by atoms with Crippen LogP contribution < -0.4 is 20.3 Å². The molecule has 4 aromatic rings. The number of methoxy groups -OCH3 is 2. The van der Waals surface area contributed by atoms with Crippen molar-refractivity contribution in [3.8, 4) is 22.8 Å². The lowest BCUT2D eigenvalue weighted by molar-refractivity contribution is 0.274. The van der Waals surface area contributed by atoms with Crippen LogP contribution in [-0.4, -0.2) is 69.0 Å². The van der Waals surface area contributed by atoms with E-state index in [1.807, 2.05) is 38.2 Å². The first-order valence-electron chi connectivity index (χ1n) is 12.4. The first-order valence-corrected chi connectivity index (χ1v) is 14.2. The minimum atomic E-state index is -3.77. The van der Waals surface area contributed by atoms with E-state index in [1.54, 1.807) is 22.8 Å². The summed E-state index contributed by atoms with van der Waals surface area (Å²) in [4.78, 5) is 4.91. The van der Waals surface area contributed by atoms with Gasteiger partial charge in [0.15, 0.2) is 5.65 Å². The Kier molecular flexibility index (Phi) is 7.51. The van der Waals surface area contributed by atoms with Crippen LogP contribution in [0.15, 0.2) is 59.6 Å². The molecule has 2 aromatic carbocycles. The number of hydrogen-bond donors (Lipinski definition) is 1. The monoisotopic (exact) mass is 553 g/mol. The number of anilines is 1. The molecule has 1 atom stereocenters. The summed E-state index contributed by atoms with van der Waals surface area (Å²) in [5.41, 5.74) is 3.27. The molecule has 1 aliphatic rings. The van der Waals surface area contributed by atoms with Crippen LogP contribution in [0.1, 0.15) is 12.8 Å². The highest BCUT2D eigenvalue weighted by Crippen LogP contribution is 2.33. The Morgan fingerprint density at radius 1 is 1.16 bits per heavy atom. The molecule has 5 rings (SSSR count). The zero-order chi connectivity index (χ0) is 26.9. The molecule has 1 aliphatic heterocycles. The van der Waals surface area contributed by atoms with E-state index in [-0.39, 0.29) is 10.8 Å². The lowest BCUT2D eigenvalue weighted by atomic mass is 9.99. The van der Waals surface area contributed by atoms with E-state index in [9.17, 15) is 8.42 Å². The quantitative estimate of drug-likeness (QED) is 0.335. The highest BCUT2D eigenvalue weighted by atomic mass is 35.5. The standard InChI is InChI=1S/C26H29BClN5O4S/c1-36-18-9-10-23(37-2)24(12-18)38(34,35)32-11-5-6-17(16-32)14-29-25-13-22(19-7-3-4-8-21(19)28)31-26-20(27)15-30-33(25)26/h3-4,7-10,12-13,15,17,29H,5-6,11,14,16,27H2,1-2H3. The summed E-state index contributed by atoms with van der Waals surface area (Å²) in [7, 11) is 1.17. The van der Waals surface area contributed by atoms with Crippen molar-refractivity contribution < 1.29 is 17.9 Å². The molecular formula is C26H29BClN5O4S. The molecule has 198 valence electrons. The van der Waals surface area contributed by atoms with Gasteiger partial charge in [-0.3, -0.25) is 0 Å². The molecule has 38 heavy (non-hydrogen) atoms. The molecule has 2 aromatic heterocycles. The number of nitrogens with one attached hydrogen (secondary N) is 1. The van der Waals surface area contributed by atoms with Gasteiger partial charge in [-0.2, -0.15) is 13.9 Å². The molecule has 1 N–H and O–H groups in total.